The van der Waals surface area contributed by atoms with Gasteiger partial charge in [0.25, 0.3) is 0 Å². The fourth-order valence-corrected chi connectivity index (χ4v) is 1.93. The van der Waals surface area contributed by atoms with Crippen molar-refractivity contribution >= 4 is 11.9 Å². The first-order valence-corrected chi connectivity index (χ1v) is 7.07. The van der Waals surface area contributed by atoms with E-state index in [1.807, 2.05) is 30.3 Å². The molecule has 1 aromatic heterocycles. The van der Waals surface area contributed by atoms with Gasteiger partial charge in [-0.2, -0.15) is 0 Å². The third-order valence-electron chi connectivity index (χ3n) is 2.89. The topological polar surface area (TPSA) is 65.5 Å². The fourth-order valence-electron chi connectivity index (χ4n) is 1.93. The molecule has 0 fully saturated rings. The highest BCUT2D eigenvalue weighted by atomic mass is 16.5. The van der Waals surface area contributed by atoms with Crippen LogP contribution in [0.5, 0.6) is 0 Å². The second-order valence-corrected chi connectivity index (χ2v) is 4.43. The highest BCUT2D eigenvalue weighted by Crippen LogP contribution is 2.20. The molecule has 0 aliphatic rings. The van der Waals surface area contributed by atoms with Crippen molar-refractivity contribution in [2.75, 3.05) is 13.2 Å². The average molecular weight is 299 g/mol. The number of pyridine rings is 1. The number of aromatic nitrogens is 1. The SMILES string of the molecule is CCOC(=O)c1cc(C(=O)OCC)nc(-c2ccccc2)c1. The lowest BCUT2D eigenvalue weighted by molar-refractivity contribution is 0.0519. The Morgan fingerprint density at radius 1 is 0.955 bits per heavy atom. The number of carbonyl (C=O) groups excluding carboxylic acids is 2. The van der Waals surface area contributed by atoms with Crippen LogP contribution < -0.4 is 0 Å². The lowest BCUT2D eigenvalue weighted by Gasteiger charge is -2.08. The van der Waals surface area contributed by atoms with Crippen molar-refractivity contribution in [3.05, 3.63) is 53.7 Å². The van der Waals surface area contributed by atoms with Crippen molar-refractivity contribution in [2.45, 2.75) is 13.8 Å². The van der Waals surface area contributed by atoms with Gasteiger partial charge in [0.15, 0.2) is 0 Å². The van der Waals surface area contributed by atoms with E-state index in [0.717, 1.165) is 5.56 Å². The molecule has 0 saturated heterocycles. The Hall–Kier alpha value is -2.69. The van der Waals surface area contributed by atoms with Gasteiger partial charge < -0.3 is 9.47 Å². The molecule has 2 aromatic rings. The molecular formula is C17H17NO4. The van der Waals surface area contributed by atoms with Gasteiger partial charge in [-0.15, -0.1) is 0 Å². The zero-order valence-electron chi connectivity index (χ0n) is 12.5. The summed E-state index contributed by atoms with van der Waals surface area (Å²) in [5.74, 6) is -1.06. The molecular weight excluding hydrogens is 282 g/mol. The van der Waals surface area contributed by atoms with E-state index >= 15 is 0 Å². The number of esters is 2. The molecule has 1 aromatic carbocycles. The second-order valence-electron chi connectivity index (χ2n) is 4.43. The molecule has 5 heteroatoms. The third kappa shape index (κ3) is 3.69. The van der Waals surface area contributed by atoms with E-state index in [4.69, 9.17) is 9.47 Å². The summed E-state index contributed by atoms with van der Waals surface area (Å²) in [6, 6.07) is 12.3. The van der Waals surface area contributed by atoms with Crippen LogP contribution in [-0.4, -0.2) is 30.1 Å². The molecule has 0 aliphatic heterocycles. The molecule has 0 spiro atoms. The summed E-state index contributed by atoms with van der Waals surface area (Å²) in [4.78, 5) is 28.2. The maximum Gasteiger partial charge on any atom is 0.356 e. The van der Waals surface area contributed by atoms with Crippen LogP contribution in [0.15, 0.2) is 42.5 Å². The van der Waals surface area contributed by atoms with Gasteiger partial charge in [0.05, 0.1) is 24.5 Å². The highest BCUT2D eigenvalue weighted by Gasteiger charge is 2.16. The Bertz CT molecular complexity index is 631. The number of hydrogen-bond acceptors (Lipinski definition) is 5. The third-order valence-corrected chi connectivity index (χ3v) is 2.89. The van der Waals surface area contributed by atoms with E-state index in [1.165, 1.54) is 6.07 Å². The van der Waals surface area contributed by atoms with Crippen molar-refractivity contribution in [3.63, 3.8) is 0 Å². The van der Waals surface area contributed by atoms with Crippen LogP contribution in [0, 0.1) is 0 Å². The molecule has 0 aliphatic carbocycles. The Morgan fingerprint density at radius 2 is 1.59 bits per heavy atom. The predicted octanol–water partition coefficient (Wildman–Crippen LogP) is 3.10. The number of rotatable bonds is 5. The monoisotopic (exact) mass is 299 g/mol. The Balaban J connectivity index is 2.49. The largest absolute Gasteiger partial charge is 0.462 e. The van der Waals surface area contributed by atoms with Crippen LogP contribution in [-0.2, 0) is 9.47 Å². The standard InChI is InChI=1S/C17H17NO4/c1-3-21-16(19)13-10-14(12-8-6-5-7-9-12)18-15(11-13)17(20)22-4-2/h5-11H,3-4H2,1-2H3. The molecule has 0 N–H and O–H groups in total. The summed E-state index contributed by atoms with van der Waals surface area (Å²) < 4.78 is 9.95. The summed E-state index contributed by atoms with van der Waals surface area (Å²) >= 11 is 0. The summed E-state index contributed by atoms with van der Waals surface area (Å²) in [5, 5.41) is 0. The van der Waals surface area contributed by atoms with Gasteiger partial charge >= 0.3 is 11.9 Å². The molecule has 0 atom stereocenters. The van der Waals surface area contributed by atoms with Crippen molar-refractivity contribution in [1.29, 1.82) is 0 Å². The van der Waals surface area contributed by atoms with Gasteiger partial charge in [-0.25, -0.2) is 14.6 Å². The van der Waals surface area contributed by atoms with E-state index in [2.05, 4.69) is 4.98 Å². The van der Waals surface area contributed by atoms with E-state index in [0.29, 0.717) is 5.69 Å². The minimum Gasteiger partial charge on any atom is -0.462 e. The first kappa shape index (κ1) is 15.7. The molecule has 0 saturated carbocycles. The van der Waals surface area contributed by atoms with Crippen LogP contribution >= 0.6 is 0 Å². The minimum atomic E-state index is -0.564. The van der Waals surface area contributed by atoms with Crippen molar-refractivity contribution < 1.29 is 19.1 Å². The molecule has 0 radical (unpaired) electrons. The van der Waals surface area contributed by atoms with Gasteiger partial charge in [0.1, 0.15) is 5.69 Å². The number of hydrogen-bond donors (Lipinski definition) is 0. The molecule has 0 amide bonds. The lowest BCUT2D eigenvalue weighted by atomic mass is 10.1. The lowest BCUT2D eigenvalue weighted by Crippen LogP contribution is -2.12. The zero-order valence-corrected chi connectivity index (χ0v) is 12.5. The van der Waals surface area contributed by atoms with E-state index < -0.39 is 11.9 Å². The van der Waals surface area contributed by atoms with Gasteiger partial charge in [-0.3, -0.25) is 0 Å². The molecule has 5 nitrogen and oxygen atoms in total. The first-order chi connectivity index (χ1) is 10.7. The van der Waals surface area contributed by atoms with Crippen molar-refractivity contribution in [2.24, 2.45) is 0 Å². The maximum atomic E-state index is 12.0. The normalized spacial score (nSPS) is 10.1. The van der Waals surface area contributed by atoms with Gasteiger partial charge in [0, 0.05) is 5.56 Å². The maximum absolute atomic E-state index is 12.0. The van der Waals surface area contributed by atoms with Crippen molar-refractivity contribution in [3.8, 4) is 11.3 Å². The smallest absolute Gasteiger partial charge is 0.356 e. The molecule has 2 rings (SSSR count). The van der Waals surface area contributed by atoms with E-state index in [9.17, 15) is 9.59 Å². The molecule has 22 heavy (non-hydrogen) atoms. The summed E-state index contributed by atoms with van der Waals surface area (Å²) in [7, 11) is 0. The number of carbonyl (C=O) groups is 2. The summed E-state index contributed by atoms with van der Waals surface area (Å²) in [6.45, 7) is 3.94. The fraction of sp³-hybridized carbons (Fsp3) is 0.235. The molecule has 114 valence electrons. The highest BCUT2D eigenvalue weighted by molar-refractivity contribution is 5.95. The van der Waals surface area contributed by atoms with Gasteiger partial charge in [-0.1, -0.05) is 30.3 Å². The summed E-state index contributed by atoms with van der Waals surface area (Å²) in [6.07, 6.45) is 0. The first-order valence-electron chi connectivity index (χ1n) is 7.07. The molecule has 0 unspecified atom stereocenters. The Kier molecular flexibility index (Phi) is 5.25. The van der Waals surface area contributed by atoms with Gasteiger partial charge in [-0.05, 0) is 26.0 Å². The number of benzene rings is 1. The number of nitrogens with zero attached hydrogens (tertiary/aromatic N) is 1. The van der Waals surface area contributed by atoms with Crippen LogP contribution in [0.2, 0.25) is 0 Å². The second kappa shape index (κ2) is 7.36. The minimum absolute atomic E-state index is 0.0891. The number of ether oxygens (including phenoxy) is 2. The molecule has 0 bridgehead atoms. The average Bonchev–Trinajstić information content (AvgIpc) is 2.55. The Morgan fingerprint density at radius 3 is 2.23 bits per heavy atom. The zero-order chi connectivity index (χ0) is 15.9. The molecule has 1 heterocycles. The Labute approximate surface area is 128 Å². The van der Waals surface area contributed by atoms with Crippen LogP contribution in [0.3, 0.4) is 0 Å². The predicted molar refractivity (Wildman–Crippen MR) is 81.6 cm³/mol. The summed E-state index contributed by atoms with van der Waals surface area (Å²) in [5.41, 5.74) is 1.69. The van der Waals surface area contributed by atoms with E-state index in [-0.39, 0.29) is 24.5 Å². The van der Waals surface area contributed by atoms with Crippen LogP contribution in [0.1, 0.15) is 34.7 Å². The quantitative estimate of drug-likeness (QED) is 0.794. The van der Waals surface area contributed by atoms with E-state index in [1.54, 1.807) is 19.9 Å². The van der Waals surface area contributed by atoms with Gasteiger partial charge in [0.2, 0.25) is 0 Å². The van der Waals surface area contributed by atoms with Crippen LogP contribution in [0.25, 0.3) is 11.3 Å². The van der Waals surface area contributed by atoms with Crippen molar-refractivity contribution in [1.82, 2.24) is 4.98 Å². The van der Waals surface area contributed by atoms with Crippen LogP contribution in [0.4, 0.5) is 0 Å².